The third-order valence-electron chi connectivity index (χ3n) is 5.60. The normalized spacial score (nSPS) is 11.6. The van der Waals surface area contributed by atoms with Crippen LogP contribution in [-0.4, -0.2) is 29.6 Å². The van der Waals surface area contributed by atoms with Gasteiger partial charge >= 0.3 is 0 Å². The van der Waals surface area contributed by atoms with Crippen LogP contribution in [0.4, 0.5) is 8.78 Å². The number of halogens is 3. The second-order valence-electron chi connectivity index (χ2n) is 8.85. The number of aryl methyl sites for hydroxylation is 2. The Kier molecular flexibility index (Phi) is 7.33. The van der Waals surface area contributed by atoms with Crippen molar-refractivity contribution in [2.24, 2.45) is 0 Å². The molecule has 0 unspecified atom stereocenters. The summed E-state index contributed by atoms with van der Waals surface area (Å²) in [7, 11) is 0. The van der Waals surface area contributed by atoms with E-state index in [2.05, 4.69) is 19.9 Å². The summed E-state index contributed by atoms with van der Waals surface area (Å²) in [4.78, 5) is 30.1. The molecule has 0 aromatic carbocycles. The van der Waals surface area contributed by atoms with Crippen LogP contribution in [0.1, 0.15) is 43.5 Å². The minimum atomic E-state index is -1.24. The van der Waals surface area contributed by atoms with Gasteiger partial charge in [0.25, 0.3) is 5.56 Å². The minimum absolute atomic E-state index is 0.0453. The molecule has 0 saturated heterocycles. The van der Waals surface area contributed by atoms with Gasteiger partial charge in [-0.15, -0.1) is 0 Å². The lowest BCUT2D eigenvalue weighted by Gasteiger charge is -2.18. The highest BCUT2D eigenvalue weighted by Crippen LogP contribution is 2.28. The summed E-state index contributed by atoms with van der Waals surface area (Å²) in [6, 6.07) is 5.64. The van der Waals surface area contributed by atoms with Gasteiger partial charge in [-0.05, 0) is 44.9 Å². The van der Waals surface area contributed by atoms with Crippen molar-refractivity contribution < 1.29 is 18.6 Å². The van der Waals surface area contributed by atoms with Crippen LogP contribution in [0.25, 0.3) is 17.1 Å². The van der Waals surface area contributed by atoms with Crippen molar-refractivity contribution in [2.75, 3.05) is 0 Å². The first-order valence-electron chi connectivity index (χ1n) is 11.4. The van der Waals surface area contributed by atoms with Crippen molar-refractivity contribution >= 4 is 11.6 Å². The fraction of sp³-hybridized carbons (Fsp3) is 0.269. The van der Waals surface area contributed by atoms with Gasteiger partial charge in [-0.3, -0.25) is 19.3 Å². The molecule has 0 aliphatic rings. The average molecular weight is 528 g/mol. The first-order chi connectivity index (χ1) is 17.5. The highest BCUT2D eigenvalue weighted by Gasteiger charge is 2.21. The zero-order chi connectivity index (χ0) is 26.9. The molecule has 192 valence electrons. The molecule has 0 fully saturated rings. The van der Waals surface area contributed by atoms with Crippen molar-refractivity contribution in [3.8, 4) is 22.8 Å². The summed E-state index contributed by atoms with van der Waals surface area (Å²) < 4.78 is 34.1. The predicted octanol–water partition coefficient (Wildman–Crippen LogP) is 4.69. The third-order valence-corrected chi connectivity index (χ3v) is 5.95. The maximum absolute atomic E-state index is 13.9. The molecule has 0 atom stereocenters. The molecular weight excluding hydrogens is 504 g/mol. The standard InChI is InChI=1S/C26H24ClF2N5O3/c1-5-15-11-31-19(18-6-7-30-25(33-18)26(3,4)36)10-21(15)34-14(2)8-22(23(27)24(34)35)37-13-20-17(29)9-16(28)12-32-20/h6-12,36H,5,13H2,1-4H3. The molecule has 0 aliphatic carbocycles. The van der Waals surface area contributed by atoms with Crippen LogP contribution in [0.3, 0.4) is 0 Å². The quantitative estimate of drug-likeness (QED) is 0.372. The predicted molar refractivity (Wildman–Crippen MR) is 134 cm³/mol. The molecule has 11 heteroatoms. The molecule has 8 nitrogen and oxygen atoms in total. The molecule has 0 aliphatic heterocycles. The van der Waals surface area contributed by atoms with Crippen LogP contribution >= 0.6 is 11.6 Å². The van der Waals surface area contributed by atoms with Gasteiger partial charge < -0.3 is 9.84 Å². The Hall–Kier alpha value is -3.76. The Morgan fingerprint density at radius 3 is 2.54 bits per heavy atom. The van der Waals surface area contributed by atoms with Gasteiger partial charge in [0.15, 0.2) is 11.6 Å². The van der Waals surface area contributed by atoms with Gasteiger partial charge in [-0.25, -0.2) is 18.7 Å². The first kappa shape index (κ1) is 26.3. The Bertz CT molecular complexity index is 1540. The van der Waals surface area contributed by atoms with E-state index in [4.69, 9.17) is 16.3 Å². The highest BCUT2D eigenvalue weighted by molar-refractivity contribution is 6.31. The Morgan fingerprint density at radius 1 is 1.11 bits per heavy atom. The topological polar surface area (TPSA) is 103 Å². The lowest BCUT2D eigenvalue weighted by Crippen LogP contribution is -2.23. The number of nitrogens with zero attached hydrogens (tertiary/aromatic N) is 5. The number of hydrogen-bond donors (Lipinski definition) is 1. The fourth-order valence-corrected chi connectivity index (χ4v) is 3.86. The lowest BCUT2D eigenvalue weighted by atomic mass is 10.1. The van der Waals surface area contributed by atoms with Gasteiger partial charge in [-0.1, -0.05) is 18.5 Å². The third kappa shape index (κ3) is 5.50. The molecule has 0 amide bonds. The van der Waals surface area contributed by atoms with E-state index in [-0.39, 0.29) is 28.9 Å². The number of ether oxygens (including phenoxy) is 1. The van der Waals surface area contributed by atoms with Crippen LogP contribution in [0.5, 0.6) is 5.75 Å². The molecule has 4 aromatic heterocycles. The Balaban J connectivity index is 1.75. The number of aliphatic hydroxyl groups is 1. The smallest absolute Gasteiger partial charge is 0.277 e. The van der Waals surface area contributed by atoms with E-state index >= 15 is 0 Å². The fourth-order valence-electron chi connectivity index (χ4n) is 3.67. The molecule has 4 heterocycles. The molecule has 1 N–H and O–H groups in total. The largest absolute Gasteiger partial charge is 0.485 e. The van der Waals surface area contributed by atoms with E-state index in [1.807, 2.05) is 6.92 Å². The number of aromatic nitrogens is 5. The summed E-state index contributed by atoms with van der Waals surface area (Å²) in [6.45, 7) is 6.46. The first-order valence-corrected chi connectivity index (χ1v) is 11.8. The summed E-state index contributed by atoms with van der Waals surface area (Å²) in [5, 5.41) is 10.1. The van der Waals surface area contributed by atoms with E-state index < -0.39 is 22.8 Å². The molecule has 0 bridgehead atoms. The maximum Gasteiger partial charge on any atom is 0.277 e. The van der Waals surface area contributed by atoms with E-state index in [0.29, 0.717) is 35.3 Å². The molecule has 37 heavy (non-hydrogen) atoms. The van der Waals surface area contributed by atoms with Crippen LogP contribution in [0.15, 0.2) is 47.7 Å². The SMILES string of the molecule is CCc1cnc(-c2ccnc(C(C)(C)O)n2)cc1-n1c(C)cc(OCc2ncc(F)cc2F)c(Cl)c1=O. The van der Waals surface area contributed by atoms with E-state index in [0.717, 1.165) is 11.8 Å². The van der Waals surface area contributed by atoms with E-state index in [1.54, 1.807) is 45.2 Å². The number of hydrogen-bond acceptors (Lipinski definition) is 7. The van der Waals surface area contributed by atoms with Crippen molar-refractivity contribution in [2.45, 2.75) is 46.3 Å². The highest BCUT2D eigenvalue weighted by atomic mass is 35.5. The van der Waals surface area contributed by atoms with Crippen molar-refractivity contribution in [3.63, 3.8) is 0 Å². The molecule has 4 aromatic rings. The van der Waals surface area contributed by atoms with Crippen LogP contribution in [0, 0.1) is 18.6 Å². The summed E-state index contributed by atoms with van der Waals surface area (Å²) >= 11 is 6.38. The zero-order valence-electron chi connectivity index (χ0n) is 20.6. The van der Waals surface area contributed by atoms with Crippen molar-refractivity contribution in [3.05, 3.63) is 92.6 Å². The van der Waals surface area contributed by atoms with Gasteiger partial charge in [0.05, 0.1) is 23.3 Å². The number of rotatable bonds is 7. The molecule has 4 rings (SSSR count). The minimum Gasteiger partial charge on any atom is -0.485 e. The second kappa shape index (κ2) is 10.3. The summed E-state index contributed by atoms with van der Waals surface area (Å²) in [5.74, 6) is -1.39. The zero-order valence-corrected chi connectivity index (χ0v) is 21.3. The van der Waals surface area contributed by atoms with Crippen molar-refractivity contribution in [1.82, 2.24) is 24.5 Å². The van der Waals surface area contributed by atoms with Crippen molar-refractivity contribution in [1.29, 1.82) is 0 Å². The molecule has 0 radical (unpaired) electrons. The van der Waals surface area contributed by atoms with Crippen LogP contribution < -0.4 is 10.3 Å². The Morgan fingerprint density at radius 2 is 1.86 bits per heavy atom. The van der Waals surface area contributed by atoms with Gasteiger partial charge in [-0.2, -0.15) is 0 Å². The average Bonchev–Trinajstić information content (AvgIpc) is 2.86. The lowest BCUT2D eigenvalue weighted by molar-refractivity contribution is 0.0688. The maximum atomic E-state index is 13.9. The van der Waals surface area contributed by atoms with Gasteiger partial charge in [0.1, 0.15) is 34.5 Å². The molecular formula is C26H24ClF2N5O3. The van der Waals surface area contributed by atoms with Crippen LogP contribution in [0.2, 0.25) is 5.02 Å². The van der Waals surface area contributed by atoms with E-state index in [9.17, 15) is 18.7 Å². The van der Waals surface area contributed by atoms with Gasteiger partial charge in [0.2, 0.25) is 0 Å². The van der Waals surface area contributed by atoms with Crippen LogP contribution in [-0.2, 0) is 18.6 Å². The summed E-state index contributed by atoms with van der Waals surface area (Å²) in [5.41, 5.74) is 0.875. The second-order valence-corrected chi connectivity index (χ2v) is 9.23. The molecule has 0 saturated carbocycles. The van der Waals surface area contributed by atoms with E-state index in [1.165, 1.54) is 10.8 Å². The summed E-state index contributed by atoms with van der Waals surface area (Å²) in [6.07, 6.45) is 4.65. The Labute approximate surface area is 216 Å². The van der Waals surface area contributed by atoms with Gasteiger partial charge in [0, 0.05) is 30.2 Å². The molecule has 0 spiro atoms. The monoisotopic (exact) mass is 527 g/mol. The number of pyridine rings is 3.